The van der Waals surface area contributed by atoms with E-state index < -0.39 is 0 Å². The van der Waals surface area contributed by atoms with E-state index in [1.807, 2.05) is 0 Å². The van der Waals surface area contributed by atoms with Gasteiger partial charge in [0.2, 0.25) is 0 Å². The summed E-state index contributed by atoms with van der Waals surface area (Å²) in [7, 11) is 0. The molecule has 15 heavy (non-hydrogen) atoms. The number of benzene rings is 1. The summed E-state index contributed by atoms with van der Waals surface area (Å²) in [6.45, 7) is 0.183. The topological polar surface area (TPSA) is 43.8 Å². The first kappa shape index (κ1) is 10.3. The molecule has 1 aromatic carbocycles. The zero-order chi connectivity index (χ0) is 10.8. The highest BCUT2D eigenvalue weighted by Gasteiger charge is 2.04. The van der Waals surface area contributed by atoms with E-state index in [4.69, 9.17) is 5.73 Å². The maximum atomic E-state index is 13.2. The Bertz CT molecular complexity index is 481. The van der Waals surface area contributed by atoms with Gasteiger partial charge in [-0.15, -0.1) is 0 Å². The van der Waals surface area contributed by atoms with Crippen LogP contribution < -0.4 is 5.73 Å². The Hall–Kier alpha value is -1.20. The summed E-state index contributed by atoms with van der Waals surface area (Å²) in [5, 5.41) is 4.10. The molecule has 0 saturated carbocycles. The van der Waals surface area contributed by atoms with Crippen LogP contribution in [-0.2, 0) is 6.54 Å². The summed E-state index contributed by atoms with van der Waals surface area (Å²) in [6, 6.07) is 4.75. The highest BCUT2D eigenvalue weighted by molar-refractivity contribution is 9.10. The molecule has 0 atom stereocenters. The van der Waals surface area contributed by atoms with Crippen molar-refractivity contribution in [3.05, 3.63) is 46.4 Å². The first-order valence-electron chi connectivity index (χ1n) is 4.40. The van der Waals surface area contributed by atoms with Crippen molar-refractivity contribution < 1.29 is 4.39 Å². The zero-order valence-electron chi connectivity index (χ0n) is 7.82. The monoisotopic (exact) mass is 269 g/mol. The minimum atomic E-state index is -0.285. The number of nitrogens with zero attached hydrogens (tertiary/aromatic N) is 2. The van der Waals surface area contributed by atoms with E-state index in [1.54, 1.807) is 29.2 Å². The van der Waals surface area contributed by atoms with Crippen LogP contribution in [0.5, 0.6) is 0 Å². The SMILES string of the molecule is NCc1cc(-n2cc(Br)cn2)ccc1F. The molecular formula is C10H9BrFN3. The Morgan fingerprint density at radius 3 is 2.87 bits per heavy atom. The standard InChI is InChI=1S/C10H9BrFN3/c11-8-5-14-15(6-8)9-1-2-10(12)7(3-9)4-13/h1-3,5-6H,4,13H2. The predicted molar refractivity (Wildman–Crippen MR) is 59.1 cm³/mol. The summed E-state index contributed by atoms with van der Waals surface area (Å²) in [6.07, 6.45) is 3.47. The molecule has 1 aromatic heterocycles. The zero-order valence-corrected chi connectivity index (χ0v) is 9.41. The van der Waals surface area contributed by atoms with E-state index in [2.05, 4.69) is 21.0 Å². The lowest BCUT2D eigenvalue weighted by Crippen LogP contribution is -2.02. The molecule has 0 aliphatic heterocycles. The summed E-state index contributed by atoms with van der Waals surface area (Å²) in [5.74, 6) is -0.285. The van der Waals surface area contributed by atoms with E-state index in [1.165, 1.54) is 6.07 Å². The van der Waals surface area contributed by atoms with Crippen LogP contribution in [0.15, 0.2) is 35.1 Å². The molecule has 0 bridgehead atoms. The molecule has 0 fully saturated rings. The predicted octanol–water partition coefficient (Wildman–Crippen LogP) is 2.23. The van der Waals surface area contributed by atoms with Gasteiger partial charge in [-0.3, -0.25) is 0 Å². The van der Waals surface area contributed by atoms with Crippen LogP contribution >= 0.6 is 15.9 Å². The molecule has 0 spiro atoms. The first-order chi connectivity index (χ1) is 7.20. The molecule has 0 aliphatic rings. The number of halogens is 2. The molecule has 3 nitrogen and oxygen atoms in total. The summed E-state index contributed by atoms with van der Waals surface area (Å²) in [4.78, 5) is 0. The summed E-state index contributed by atoms with van der Waals surface area (Å²) < 4.78 is 15.7. The molecule has 1 heterocycles. The highest BCUT2D eigenvalue weighted by atomic mass is 79.9. The Morgan fingerprint density at radius 1 is 1.47 bits per heavy atom. The fraction of sp³-hybridized carbons (Fsp3) is 0.100. The fourth-order valence-electron chi connectivity index (χ4n) is 1.30. The Labute approximate surface area is 94.8 Å². The molecule has 5 heteroatoms. The van der Waals surface area contributed by atoms with Crippen molar-refractivity contribution in [2.24, 2.45) is 5.73 Å². The normalized spacial score (nSPS) is 10.6. The molecule has 2 aromatic rings. The molecule has 0 radical (unpaired) electrons. The average molecular weight is 270 g/mol. The van der Waals surface area contributed by atoms with E-state index >= 15 is 0 Å². The minimum absolute atomic E-state index is 0.183. The quantitative estimate of drug-likeness (QED) is 0.909. The molecule has 0 aliphatic carbocycles. The second-order valence-corrected chi connectivity index (χ2v) is 4.00. The maximum absolute atomic E-state index is 13.2. The maximum Gasteiger partial charge on any atom is 0.127 e. The van der Waals surface area contributed by atoms with Crippen molar-refractivity contribution in [2.45, 2.75) is 6.54 Å². The van der Waals surface area contributed by atoms with Crippen molar-refractivity contribution in [1.29, 1.82) is 0 Å². The van der Waals surface area contributed by atoms with E-state index in [-0.39, 0.29) is 12.4 Å². The lowest BCUT2D eigenvalue weighted by Gasteiger charge is -2.04. The van der Waals surface area contributed by atoms with Gasteiger partial charge in [-0.1, -0.05) is 0 Å². The Kier molecular flexibility index (Phi) is 2.83. The smallest absolute Gasteiger partial charge is 0.127 e. The fourth-order valence-corrected chi connectivity index (χ4v) is 1.59. The van der Waals surface area contributed by atoms with Crippen molar-refractivity contribution >= 4 is 15.9 Å². The van der Waals surface area contributed by atoms with Crippen LogP contribution in [0.3, 0.4) is 0 Å². The van der Waals surface area contributed by atoms with E-state index in [0.717, 1.165) is 10.2 Å². The van der Waals surface area contributed by atoms with Crippen molar-refractivity contribution in [2.75, 3.05) is 0 Å². The molecule has 0 unspecified atom stereocenters. The van der Waals surface area contributed by atoms with Crippen molar-refractivity contribution in [1.82, 2.24) is 9.78 Å². The summed E-state index contributed by atoms with van der Waals surface area (Å²) >= 11 is 3.30. The van der Waals surface area contributed by atoms with Crippen LogP contribution in [-0.4, -0.2) is 9.78 Å². The van der Waals surface area contributed by atoms with Gasteiger partial charge >= 0.3 is 0 Å². The average Bonchev–Trinajstić information content (AvgIpc) is 2.66. The number of hydrogen-bond donors (Lipinski definition) is 1. The third-order valence-corrected chi connectivity index (χ3v) is 2.47. The van der Waals surface area contributed by atoms with Gasteiger partial charge in [0, 0.05) is 18.3 Å². The Balaban J connectivity index is 2.45. The van der Waals surface area contributed by atoms with Gasteiger partial charge in [0.15, 0.2) is 0 Å². The van der Waals surface area contributed by atoms with Gasteiger partial charge < -0.3 is 5.73 Å². The number of nitrogens with two attached hydrogens (primary N) is 1. The molecule has 78 valence electrons. The van der Waals surface area contributed by atoms with Gasteiger partial charge in [-0.05, 0) is 34.1 Å². The number of aromatic nitrogens is 2. The van der Waals surface area contributed by atoms with Gasteiger partial charge in [-0.2, -0.15) is 5.10 Å². The number of hydrogen-bond acceptors (Lipinski definition) is 2. The van der Waals surface area contributed by atoms with Crippen LogP contribution in [0.4, 0.5) is 4.39 Å². The van der Waals surface area contributed by atoms with Crippen molar-refractivity contribution in [3.8, 4) is 5.69 Å². The third-order valence-electron chi connectivity index (χ3n) is 2.06. The Morgan fingerprint density at radius 2 is 2.27 bits per heavy atom. The highest BCUT2D eigenvalue weighted by Crippen LogP contribution is 2.15. The third kappa shape index (κ3) is 2.08. The lowest BCUT2D eigenvalue weighted by molar-refractivity contribution is 0.609. The largest absolute Gasteiger partial charge is 0.326 e. The van der Waals surface area contributed by atoms with E-state index in [9.17, 15) is 4.39 Å². The number of rotatable bonds is 2. The van der Waals surface area contributed by atoms with Crippen LogP contribution in [0.1, 0.15) is 5.56 Å². The molecule has 0 amide bonds. The lowest BCUT2D eigenvalue weighted by atomic mass is 10.2. The second-order valence-electron chi connectivity index (χ2n) is 3.08. The van der Waals surface area contributed by atoms with Crippen LogP contribution in [0.2, 0.25) is 0 Å². The van der Waals surface area contributed by atoms with Crippen LogP contribution in [0, 0.1) is 5.82 Å². The van der Waals surface area contributed by atoms with Gasteiger partial charge in [-0.25, -0.2) is 9.07 Å². The molecular weight excluding hydrogens is 261 g/mol. The van der Waals surface area contributed by atoms with E-state index in [0.29, 0.717) is 5.56 Å². The first-order valence-corrected chi connectivity index (χ1v) is 5.19. The summed E-state index contributed by atoms with van der Waals surface area (Å²) in [5.41, 5.74) is 6.70. The molecule has 2 rings (SSSR count). The van der Waals surface area contributed by atoms with Crippen molar-refractivity contribution in [3.63, 3.8) is 0 Å². The van der Waals surface area contributed by atoms with Crippen LogP contribution in [0.25, 0.3) is 5.69 Å². The molecule has 0 saturated heterocycles. The second kappa shape index (κ2) is 4.12. The van der Waals surface area contributed by atoms with Gasteiger partial charge in [0.25, 0.3) is 0 Å². The van der Waals surface area contributed by atoms with Gasteiger partial charge in [0.1, 0.15) is 5.82 Å². The molecule has 2 N–H and O–H groups in total. The van der Waals surface area contributed by atoms with Gasteiger partial charge in [0.05, 0.1) is 16.4 Å². The minimum Gasteiger partial charge on any atom is -0.326 e.